The third kappa shape index (κ3) is 9.59. The van der Waals surface area contributed by atoms with Gasteiger partial charge in [0, 0.05) is 43.4 Å². The van der Waals surface area contributed by atoms with Gasteiger partial charge in [-0.2, -0.15) is 0 Å². The zero-order valence-electron chi connectivity index (χ0n) is 17.0. The van der Waals surface area contributed by atoms with Crippen LogP contribution in [0.3, 0.4) is 0 Å². The van der Waals surface area contributed by atoms with Crippen LogP contribution in [0, 0.1) is 0 Å². The van der Waals surface area contributed by atoms with Gasteiger partial charge in [-0.1, -0.05) is 6.07 Å². The van der Waals surface area contributed by atoms with Crippen LogP contribution < -0.4 is 10.6 Å². The number of furan rings is 1. The fraction of sp³-hybridized carbons (Fsp3) is 0.500. The molecule has 28 heavy (non-hydrogen) atoms. The van der Waals surface area contributed by atoms with Crippen LogP contribution in [0.15, 0.2) is 45.3 Å². The van der Waals surface area contributed by atoms with Crippen molar-refractivity contribution in [1.29, 1.82) is 0 Å². The van der Waals surface area contributed by atoms with Crippen molar-refractivity contribution >= 4 is 47.2 Å². The van der Waals surface area contributed by atoms with Gasteiger partial charge in [-0.15, -0.1) is 35.3 Å². The van der Waals surface area contributed by atoms with Crippen LogP contribution in [0.4, 0.5) is 0 Å². The Balaban J connectivity index is 0.00000392. The number of amides is 1. The number of aliphatic imine (C=N–C) groups is 1. The summed E-state index contributed by atoms with van der Waals surface area (Å²) in [5.74, 6) is 1.62. The van der Waals surface area contributed by atoms with E-state index in [1.54, 1.807) is 17.6 Å². The maximum Gasteiger partial charge on any atom is 0.240 e. The molecule has 0 aromatic carbocycles. The van der Waals surface area contributed by atoms with Crippen molar-refractivity contribution in [2.45, 2.75) is 39.2 Å². The van der Waals surface area contributed by atoms with Gasteiger partial charge >= 0.3 is 0 Å². The quantitative estimate of drug-likeness (QED) is 0.319. The molecule has 0 aliphatic carbocycles. The van der Waals surface area contributed by atoms with Crippen molar-refractivity contribution in [2.24, 2.45) is 4.99 Å². The standard InChI is InChI=1S/C20H30N4O2S.HI/c1-20(2,3)23-18(25)15-24(4)19(21-11-9-16-7-5-13-26-16)22-12-10-17-8-6-14-27-17;/h5-8,13-14H,9-12,15H2,1-4H3,(H,21,22)(H,23,25);1H. The zero-order chi connectivity index (χ0) is 19.7. The topological polar surface area (TPSA) is 69.9 Å². The Morgan fingerprint density at radius 2 is 2.04 bits per heavy atom. The number of nitrogens with one attached hydrogen (secondary N) is 2. The van der Waals surface area contributed by atoms with Crippen LogP contribution >= 0.6 is 35.3 Å². The molecule has 0 aliphatic heterocycles. The van der Waals surface area contributed by atoms with E-state index >= 15 is 0 Å². The number of rotatable bonds is 8. The van der Waals surface area contributed by atoms with Crippen LogP contribution in [0.5, 0.6) is 0 Å². The number of thiophene rings is 1. The molecule has 0 unspecified atom stereocenters. The van der Waals surface area contributed by atoms with Crippen molar-refractivity contribution in [2.75, 3.05) is 26.7 Å². The number of carbonyl (C=O) groups excluding carboxylic acids is 1. The highest BCUT2D eigenvalue weighted by atomic mass is 127. The van der Waals surface area contributed by atoms with E-state index in [9.17, 15) is 4.79 Å². The van der Waals surface area contributed by atoms with E-state index in [-0.39, 0.29) is 42.0 Å². The molecule has 0 bridgehead atoms. The van der Waals surface area contributed by atoms with Gasteiger partial charge in [0.25, 0.3) is 0 Å². The smallest absolute Gasteiger partial charge is 0.240 e. The van der Waals surface area contributed by atoms with E-state index in [2.05, 4.69) is 28.1 Å². The predicted octanol–water partition coefficient (Wildman–Crippen LogP) is 3.54. The third-order valence-electron chi connectivity index (χ3n) is 3.69. The fourth-order valence-electron chi connectivity index (χ4n) is 2.54. The summed E-state index contributed by atoms with van der Waals surface area (Å²) in [6.07, 6.45) is 3.33. The summed E-state index contributed by atoms with van der Waals surface area (Å²) in [5, 5.41) is 8.40. The summed E-state index contributed by atoms with van der Waals surface area (Å²) < 4.78 is 5.37. The van der Waals surface area contributed by atoms with Crippen LogP contribution in [0.1, 0.15) is 31.4 Å². The minimum Gasteiger partial charge on any atom is -0.469 e. The van der Waals surface area contributed by atoms with Gasteiger partial charge < -0.3 is 20.0 Å². The first-order valence-electron chi connectivity index (χ1n) is 9.19. The highest BCUT2D eigenvalue weighted by Gasteiger charge is 2.17. The van der Waals surface area contributed by atoms with Crippen molar-refractivity contribution in [3.63, 3.8) is 0 Å². The van der Waals surface area contributed by atoms with Crippen molar-refractivity contribution in [1.82, 2.24) is 15.5 Å². The Morgan fingerprint density at radius 3 is 2.64 bits per heavy atom. The molecule has 2 aromatic heterocycles. The van der Waals surface area contributed by atoms with E-state index in [1.807, 2.05) is 44.9 Å². The SMILES string of the molecule is CN(CC(=O)NC(C)(C)C)C(=NCCc1cccs1)NCCc1ccco1.I. The summed E-state index contributed by atoms with van der Waals surface area (Å²) >= 11 is 1.74. The largest absolute Gasteiger partial charge is 0.469 e. The highest BCUT2D eigenvalue weighted by molar-refractivity contribution is 14.0. The lowest BCUT2D eigenvalue weighted by molar-refractivity contribution is -0.122. The molecule has 6 nitrogen and oxygen atoms in total. The summed E-state index contributed by atoms with van der Waals surface area (Å²) in [5.41, 5.74) is -0.249. The molecular formula is C20H31IN4O2S. The molecule has 1 amide bonds. The zero-order valence-corrected chi connectivity index (χ0v) is 20.2. The summed E-state index contributed by atoms with van der Waals surface area (Å²) in [4.78, 5) is 20.1. The molecule has 8 heteroatoms. The minimum atomic E-state index is -0.249. The van der Waals surface area contributed by atoms with Gasteiger partial charge in [-0.25, -0.2) is 0 Å². The molecule has 0 saturated heterocycles. The first kappa shape index (κ1) is 24.5. The van der Waals surface area contributed by atoms with Gasteiger partial charge in [0.15, 0.2) is 5.96 Å². The number of carbonyl (C=O) groups is 1. The first-order valence-corrected chi connectivity index (χ1v) is 10.1. The molecule has 0 atom stereocenters. The molecule has 0 fully saturated rings. The maximum atomic E-state index is 12.2. The molecule has 2 aromatic rings. The molecule has 2 N–H and O–H groups in total. The van der Waals surface area contributed by atoms with E-state index in [4.69, 9.17) is 9.41 Å². The lowest BCUT2D eigenvalue weighted by atomic mass is 10.1. The summed E-state index contributed by atoms with van der Waals surface area (Å²) in [7, 11) is 1.88. The molecule has 0 saturated carbocycles. The summed E-state index contributed by atoms with van der Waals surface area (Å²) in [6.45, 7) is 7.54. The Labute approximate surface area is 188 Å². The minimum absolute atomic E-state index is 0. The van der Waals surface area contributed by atoms with Gasteiger partial charge in [-0.05, 0) is 44.4 Å². The number of likely N-dealkylation sites (N-methyl/N-ethyl adjacent to an activating group) is 1. The molecule has 156 valence electrons. The predicted molar refractivity (Wildman–Crippen MR) is 127 cm³/mol. The number of nitrogens with zero attached hydrogens (tertiary/aromatic N) is 2. The van der Waals surface area contributed by atoms with E-state index in [0.717, 1.165) is 24.6 Å². The van der Waals surface area contributed by atoms with Crippen molar-refractivity contribution in [3.05, 3.63) is 46.5 Å². The number of halogens is 1. The molecular weight excluding hydrogens is 487 g/mol. The maximum absolute atomic E-state index is 12.2. The second kappa shape index (κ2) is 12.1. The van der Waals surface area contributed by atoms with Gasteiger partial charge in [-0.3, -0.25) is 9.79 Å². The van der Waals surface area contributed by atoms with Crippen molar-refractivity contribution in [3.8, 4) is 0 Å². The van der Waals surface area contributed by atoms with Crippen LogP contribution in [0.2, 0.25) is 0 Å². The molecule has 0 aliphatic rings. The lowest BCUT2D eigenvalue weighted by Crippen LogP contribution is -2.49. The second-order valence-corrected chi connectivity index (χ2v) is 8.48. The first-order chi connectivity index (χ1) is 12.8. The van der Waals surface area contributed by atoms with Gasteiger partial charge in [0.2, 0.25) is 5.91 Å². The van der Waals surface area contributed by atoms with E-state index in [1.165, 1.54) is 4.88 Å². The highest BCUT2D eigenvalue weighted by Crippen LogP contribution is 2.09. The van der Waals surface area contributed by atoms with Crippen LogP contribution in [-0.4, -0.2) is 49.0 Å². The third-order valence-corrected chi connectivity index (χ3v) is 4.63. The number of hydrogen-bond acceptors (Lipinski definition) is 4. The molecule has 2 rings (SSSR count). The van der Waals surface area contributed by atoms with Crippen molar-refractivity contribution < 1.29 is 9.21 Å². The normalized spacial score (nSPS) is 11.6. The molecule has 2 heterocycles. The Morgan fingerprint density at radius 1 is 1.25 bits per heavy atom. The van der Waals surface area contributed by atoms with Crippen LogP contribution in [-0.2, 0) is 17.6 Å². The molecule has 0 radical (unpaired) electrons. The van der Waals surface area contributed by atoms with Gasteiger partial charge in [0.1, 0.15) is 5.76 Å². The Bertz CT molecular complexity index is 709. The monoisotopic (exact) mass is 518 g/mol. The van der Waals surface area contributed by atoms with Gasteiger partial charge in [0.05, 0.1) is 12.8 Å². The average Bonchev–Trinajstić information content (AvgIpc) is 3.25. The lowest BCUT2D eigenvalue weighted by Gasteiger charge is -2.25. The second-order valence-electron chi connectivity index (χ2n) is 7.45. The summed E-state index contributed by atoms with van der Waals surface area (Å²) in [6, 6.07) is 8.00. The Hall–Kier alpha value is -1.55. The average molecular weight is 518 g/mol. The van der Waals surface area contributed by atoms with E-state index in [0.29, 0.717) is 13.1 Å². The fourth-order valence-corrected chi connectivity index (χ4v) is 3.24. The Kier molecular flexibility index (Phi) is 10.6. The number of hydrogen-bond donors (Lipinski definition) is 2. The molecule has 0 spiro atoms. The van der Waals surface area contributed by atoms with E-state index < -0.39 is 0 Å². The number of guanidine groups is 1. The van der Waals surface area contributed by atoms with Crippen LogP contribution in [0.25, 0.3) is 0 Å².